The minimum Gasteiger partial charge on any atom is -0.444 e. The SMILES string of the molecule is Cc1nn(-c2ccccc2)c(C)c1/C=C/C(=O)OC(C(=O)N1CCCC1)c1ccccc1. The molecule has 0 N–H and O–H groups in total. The topological polar surface area (TPSA) is 64.4 Å². The lowest BCUT2D eigenvalue weighted by molar-refractivity contribution is -0.156. The van der Waals surface area contributed by atoms with Gasteiger partial charge < -0.3 is 9.64 Å². The summed E-state index contributed by atoms with van der Waals surface area (Å²) in [6.45, 7) is 5.27. The minimum absolute atomic E-state index is 0.167. The molecule has 32 heavy (non-hydrogen) atoms. The number of aromatic nitrogens is 2. The second-order valence-corrected chi connectivity index (χ2v) is 7.93. The summed E-state index contributed by atoms with van der Waals surface area (Å²) in [6.07, 6.45) is 4.10. The summed E-state index contributed by atoms with van der Waals surface area (Å²) in [7, 11) is 0. The molecule has 1 saturated heterocycles. The fourth-order valence-corrected chi connectivity index (χ4v) is 4.02. The number of hydrogen-bond acceptors (Lipinski definition) is 4. The first-order chi connectivity index (χ1) is 15.5. The lowest BCUT2D eigenvalue weighted by Crippen LogP contribution is -2.34. The highest BCUT2D eigenvalue weighted by molar-refractivity contribution is 5.91. The van der Waals surface area contributed by atoms with Gasteiger partial charge in [-0.3, -0.25) is 4.79 Å². The molecule has 1 aromatic heterocycles. The Kier molecular flexibility index (Phi) is 6.50. The summed E-state index contributed by atoms with van der Waals surface area (Å²) < 4.78 is 7.51. The highest BCUT2D eigenvalue weighted by Crippen LogP contribution is 2.24. The average Bonchev–Trinajstić information content (AvgIpc) is 3.45. The van der Waals surface area contributed by atoms with E-state index in [-0.39, 0.29) is 5.91 Å². The number of carbonyl (C=O) groups is 2. The van der Waals surface area contributed by atoms with Crippen molar-refractivity contribution in [2.45, 2.75) is 32.8 Å². The molecule has 1 fully saturated rings. The van der Waals surface area contributed by atoms with Gasteiger partial charge in [0.05, 0.1) is 11.4 Å². The maximum Gasteiger partial charge on any atom is 0.331 e. The Balaban J connectivity index is 1.53. The van der Waals surface area contributed by atoms with Gasteiger partial charge in [-0.25, -0.2) is 9.48 Å². The maximum absolute atomic E-state index is 13.0. The van der Waals surface area contributed by atoms with Gasteiger partial charge in [-0.1, -0.05) is 48.5 Å². The Labute approximate surface area is 188 Å². The summed E-state index contributed by atoms with van der Waals surface area (Å²) in [5.74, 6) is -0.725. The molecule has 1 atom stereocenters. The van der Waals surface area contributed by atoms with Crippen LogP contribution in [0.2, 0.25) is 0 Å². The molecule has 0 radical (unpaired) electrons. The fourth-order valence-electron chi connectivity index (χ4n) is 4.02. The lowest BCUT2D eigenvalue weighted by atomic mass is 10.1. The molecule has 1 aliphatic heterocycles. The van der Waals surface area contributed by atoms with E-state index in [4.69, 9.17) is 4.74 Å². The van der Waals surface area contributed by atoms with Crippen LogP contribution in [0.1, 0.15) is 41.5 Å². The van der Waals surface area contributed by atoms with Crippen molar-refractivity contribution in [2.75, 3.05) is 13.1 Å². The number of nitrogens with zero attached hydrogens (tertiary/aromatic N) is 3. The zero-order valence-corrected chi connectivity index (χ0v) is 18.4. The first-order valence-corrected chi connectivity index (χ1v) is 10.9. The fraction of sp³-hybridized carbons (Fsp3) is 0.269. The van der Waals surface area contributed by atoms with Crippen LogP contribution < -0.4 is 0 Å². The highest BCUT2D eigenvalue weighted by Gasteiger charge is 2.30. The van der Waals surface area contributed by atoms with Crippen LogP contribution in [-0.4, -0.2) is 39.6 Å². The van der Waals surface area contributed by atoms with Gasteiger partial charge in [0.1, 0.15) is 0 Å². The molecule has 0 spiro atoms. The molecule has 1 aliphatic rings. The Morgan fingerprint density at radius 1 is 0.969 bits per heavy atom. The average molecular weight is 430 g/mol. The van der Waals surface area contributed by atoms with E-state index in [2.05, 4.69) is 5.10 Å². The Bertz CT molecular complexity index is 1110. The van der Waals surface area contributed by atoms with Crippen molar-refractivity contribution in [1.82, 2.24) is 14.7 Å². The van der Waals surface area contributed by atoms with E-state index in [9.17, 15) is 9.59 Å². The minimum atomic E-state index is -0.944. The molecule has 6 heteroatoms. The van der Waals surface area contributed by atoms with Gasteiger partial charge in [0, 0.05) is 36.0 Å². The van der Waals surface area contributed by atoms with Crippen LogP contribution in [0, 0.1) is 13.8 Å². The normalized spacial score (nSPS) is 14.6. The standard InChI is InChI=1S/C26H27N3O3/c1-19-23(20(2)29(27-19)22-13-7-4-8-14-22)15-16-24(30)32-25(21-11-5-3-6-12-21)26(31)28-17-9-10-18-28/h3-8,11-16,25H,9-10,17-18H2,1-2H3/b16-15+. The van der Waals surface area contributed by atoms with E-state index in [1.165, 1.54) is 6.08 Å². The number of esters is 1. The van der Waals surface area contributed by atoms with Gasteiger partial charge in [0.15, 0.2) is 0 Å². The molecule has 0 aliphatic carbocycles. The number of likely N-dealkylation sites (tertiary alicyclic amines) is 1. The van der Waals surface area contributed by atoms with Crippen LogP contribution in [0.3, 0.4) is 0 Å². The van der Waals surface area contributed by atoms with E-state index in [0.29, 0.717) is 18.7 Å². The molecular formula is C26H27N3O3. The smallest absolute Gasteiger partial charge is 0.331 e. The molecule has 6 nitrogen and oxygen atoms in total. The van der Waals surface area contributed by atoms with E-state index < -0.39 is 12.1 Å². The second-order valence-electron chi connectivity index (χ2n) is 7.93. The van der Waals surface area contributed by atoms with Crippen molar-refractivity contribution in [3.63, 3.8) is 0 Å². The molecule has 1 amide bonds. The van der Waals surface area contributed by atoms with Crippen LogP contribution >= 0.6 is 0 Å². The molecule has 2 heterocycles. The first-order valence-electron chi connectivity index (χ1n) is 10.9. The van der Waals surface area contributed by atoms with Crippen LogP contribution in [0.25, 0.3) is 11.8 Å². The number of ether oxygens (including phenoxy) is 1. The van der Waals surface area contributed by atoms with Crippen molar-refractivity contribution in [2.24, 2.45) is 0 Å². The molecule has 2 aromatic carbocycles. The molecule has 1 unspecified atom stereocenters. The predicted octanol–water partition coefficient (Wildman–Crippen LogP) is 4.41. The van der Waals surface area contributed by atoms with Crippen LogP contribution in [0.4, 0.5) is 0 Å². The maximum atomic E-state index is 13.0. The summed E-state index contributed by atoms with van der Waals surface area (Å²) >= 11 is 0. The zero-order chi connectivity index (χ0) is 22.5. The summed E-state index contributed by atoms with van der Waals surface area (Å²) in [5.41, 5.74) is 4.22. The van der Waals surface area contributed by atoms with Crippen LogP contribution in [0.15, 0.2) is 66.7 Å². The van der Waals surface area contributed by atoms with Gasteiger partial charge in [-0.2, -0.15) is 5.10 Å². The molecule has 0 bridgehead atoms. The van der Waals surface area contributed by atoms with Crippen LogP contribution in [-0.2, 0) is 14.3 Å². The molecule has 164 valence electrons. The number of carbonyl (C=O) groups excluding carboxylic acids is 2. The monoisotopic (exact) mass is 429 g/mol. The van der Waals surface area contributed by atoms with Crippen molar-refractivity contribution >= 4 is 18.0 Å². The van der Waals surface area contributed by atoms with E-state index in [1.54, 1.807) is 11.0 Å². The van der Waals surface area contributed by atoms with Gasteiger partial charge in [-0.15, -0.1) is 0 Å². The number of hydrogen-bond donors (Lipinski definition) is 0. The molecular weight excluding hydrogens is 402 g/mol. The largest absolute Gasteiger partial charge is 0.444 e. The van der Waals surface area contributed by atoms with E-state index >= 15 is 0 Å². The number of aryl methyl sites for hydroxylation is 1. The first kappa shape index (κ1) is 21.6. The van der Waals surface area contributed by atoms with Crippen molar-refractivity contribution in [3.8, 4) is 5.69 Å². The summed E-state index contributed by atoms with van der Waals surface area (Å²) in [4.78, 5) is 27.5. The lowest BCUT2D eigenvalue weighted by Gasteiger charge is -2.23. The Morgan fingerprint density at radius 3 is 2.25 bits per heavy atom. The third-order valence-corrected chi connectivity index (χ3v) is 5.71. The van der Waals surface area contributed by atoms with Crippen molar-refractivity contribution in [1.29, 1.82) is 0 Å². The number of benzene rings is 2. The molecule has 3 aromatic rings. The Morgan fingerprint density at radius 2 is 1.59 bits per heavy atom. The number of amides is 1. The molecule has 0 saturated carbocycles. The van der Waals surface area contributed by atoms with E-state index in [0.717, 1.165) is 35.5 Å². The second kappa shape index (κ2) is 9.64. The van der Waals surface area contributed by atoms with Crippen molar-refractivity contribution < 1.29 is 14.3 Å². The third-order valence-electron chi connectivity index (χ3n) is 5.71. The predicted molar refractivity (Wildman–Crippen MR) is 123 cm³/mol. The summed E-state index contributed by atoms with van der Waals surface area (Å²) in [6, 6.07) is 19.0. The van der Waals surface area contributed by atoms with Crippen LogP contribution in [0.5, 0.6) is 0 Å². The quantitative estimate of drug-likeness (QED) is 0.430. The molecule has 4 rings (SSSR count). The van der Waals surface area contributed by atoms with Crippen molar-refractivity contribution in [3.05, 3.63) is 89.3 Å². The van der Waals surface area contributed by atoms with Gasteiger partial charge >= 0.3 is 5.97 Å². The highest BCUT2D eigenvalue weighted by atomic mass is 16.5. The Hall–Kier alpha value is -3.67. The van der Waals surface area contributed by atoms with Gasteiger partial charge in [0.25, 0.3) is 5.91 Å². The number of para-hydroxylation sites is 1. The van der Waals surface area contributed by atoms with Gasteiger partial charge in [0.2, 0.25) is 6.10 Å². The van der Waals surface area contributed by atoms with E-state index in [1.807, 2.05) is 79.2 Å². The summed E-state index contributed by atoms with van der Waals surface area (Å²) in [5, 5.41) is 4.60. The van der Waals surface area contributed by atoms with Gasteiger partial charge in [-0.05, 0) is 44.9 Å². The third kappa shape index (κ3) is 4.64. The number of rotatable bonds is 6. The zero-order valence-electron chi connectivity index (χ0n) is 18.4.